The van der Waals surface area contributed by atoms with Gasteiger partial charge in [-0.3, -0.25) is 19.7 Å². The molecule has 0 bridgehead atoms. The molecule has 3 N–H and O–H groups in total. The lowest BCUT2D eigenvalue weighted by Gasteiger charge is -2.29. The van der Waals surface area contributed by atoms with E-state index in [-0.39, 0.29) is 22.4 Å². The number of primary amides is 1. The van der Waals surface area contributed by atoms with Crippen LogP contribution < -0.4 is 11.2 Å². The molecule has 1 aliphatic rings. The molecule has 2 amide bonds. The van der Waals surface area contributed by atoms with Gasteiger partial charge in [-0.2, -0.15) is 5.10 Å². The number of rotatable bonds is 4. The van der Waals surface area contributed by atoms with E-state index in [1.54, 1.807) is 6.92 Å². The summed E-state index contributed by atoms with van der Waals surface area (Å²) in [6, 6.07) is 5.23. The monoisotopic (exact) mass is 384 g/mol. The summed E-state index contributed by atoms with van der Waals surface area (Å²) in [4.78, 5) is 34.1. The Morgan fingerprint density at radius 2 is 1.89 bits per heavy atom. The summed E-state index contributed by atoms with van der Waals surface area (Å²) >= 11 is 0. The van der Waals surface area contributed by atoms with Crippen molar-refractivity contribution in [2.75, 3.05) is 0 Å². The zero-order chi connectivity index (χ0) is 20.6. The number of benzene rings is 1. The Balaban J connectivity index is 1.90. The van der Waals surface area contributed by atoms with Gasteiger partial charge in [0, 0.05) is 35.2 Å². The molecule has 0 saturated carbocycles. The summed E-state index contributed by atoms with van der Waals surface area (Å²) in [6.45, 7) is 5.80. The van der Waals surface area contributed by atoms with E-state index in [1.165, 1.54) is 24.3 Å². The number of hydrazone groups is 1. The van der Waals surface area contributed by atoms with E-state index in [2.05, 4.69) is 10.5 Å². The van der Waals surface area contributed by atoms with Crippen molar-refractivity contribution in [3.8, 4) is 0 Å². The third-order valence-corrected chi connectivity index (χ3v) is 4.65. The molecule has 0 aliphatic heterocycles. The Hall–Kier alpha value is -3.49. The maximum atomic E-state index is 12.4. The number of non-ortho nitro benzene ring substituents is 1. The number of hydrogen-bond donors (Lipinski definition) is 2. The van der Waals surface area contributed by atoms with Crippen molar-refractivity contribution in [3.63, 3.8) is 0 Å². The fourth-order valence-electron chi connectivity index (χ4n) is 3.36. The first-order valence-electron chi connectivity index (χ1n) is 8.63. The first-order chi connectivity index (χ1) is 13.1. The van der Waals surface area contributed by atoms with E-state index in [0.717, 1.165) is 0 Å². The van der Waals surface area contributed by atoms with Crippen molar-refractivity contribution in [2.24, 2.45) is 16.3 Å². The van der Waals surface area contributed by atoms with E-state index in [9.17, 15) is 19.7 Å². The topological polar surface area (TPSA) is 141 Å². The summed E-state index contributed by atoms with van der Waals surface area (Å²) < 4.78 is 5.66. The van der Waals surface area contributed by atoms with Gasteiger partial charge in [0.05, 0.1) is 10.6 Å². The van der Waals surface area contributed by atoms with Gasteiger partial charge in [-0.05, 0) is 30.9 Å². The van der Waals surface area contributed by atoms with Crippen LogP contribution in [0.4, 0.5) is 5.69 Å². The number of fused-ring (bicyclic) bond motifs is 1. The first-order valence-corrected chi connectivity index (χ1v) is 8.63. The van der Waals surface area contributed by atoms with Crippen LogP contribution in [-0.2, 0) is 6.42 Å². The van der Waals surface area contributed by atoms with Crippen LogP contribution in [0.25, 0.3) is 0 Å². The van der Waals surface area contributed by atoms with E-state index >= 15 is 0 Å². The molecular formula is C19H20N4O5. The van der Waals surface area contributed by atoms with Crippen LogP contribution >= 0.6 is 0 Å². The molecule has 1 aliphatic carbocycles. The number of nitro benzene ring substituents is 1. The third kappa shape index (κ3) is 3.64. The van der Waals surface area contributed by atoms with Crippen LogP contribution in [-0.4, -0.2) is 22.4 Å². The van der Waals surface area contributed by atoms with Gasteiger partial charge in [0.2, 0.25) is 0 Å². The van der Waals surface area contributed by atoms with Gasteiger partial charge in [0.25, 0.3) is 17.5 Å². The van der Waals surface area contributed by atoms with E-state index in [0.29, 0.717) is 35.4 Å². The maximum absolute atomic E-state index is 12.4. The average Bonchev–Trinajstić information content (AvgIpc) is 2.95. The Bertz CT molecular complexity index is 1000. The van der Waals surface area contributed by atoms with Crippen molar-refractivity contribution in [2.45, 2.75) is 33.6 Å². The Morgan fingerprint density at radius 3 is 2.46 bits per heavy atom. The molecule has 146 valence electrons. The summed E-state index contributed by atoms with van der Waals surface area (Å²) in [5, 5.41) is 15.0. The van der Waals surface area contributed by atoms with E-state index < -0.39 is 16.7 Å². The molecule has 9 heteroatoms. The number of nitrogens with zero attached hydrogens (tertiary/aromatic N) is 2. The smallest absolute Gasteiger partial charge is 0.284 e. The van der Waals surface area contributed by atoms with Crippen LogP contribution in [0.3, 0.4) is 0 Å². The molecule has 1 aromatic carbocycles. The number of hydrogen-bond acceptors (Lipinski definition) is 6. The molecule has 0 spiro atoms. The number of nitrogens with two attached hydrogens (primary N) is 1. The largest absolute Gasteiger partial charge is 0.455 e. The molecule has 28 heavy (non-hydrogen) atoms. The van der Waals surface area contributed by atoms with Crippen molar-refractivity contribution in [3.05, 3.63) is 62.6 Å². The van der Waals surface area contributed by atoms with Crippen LogP contribution in [0, 0.1) is 22.5 Å². The van der Waals surface area contributed by atoms with Gasteiger partial charge in [-0.15, -0.1) is 0 Å². The second kappa shape index (κ2) is 6.91. The Kier molecular flexibility index (Phi) is 4.76. The van der Waals surface area contributed by atoms with Gasteiger partial charge in [-0.25, -0.2) is 5.43 Å². The molecule has 3 rings (SSSR count). The number of nitro groups is 1. The first kappa shape index (κ1) is 19.3. The molecule has 0 radical (unpaired) electrons. The van der Waals surface area contributed by atoms with Gasteiger partial charge >= 0.3 is 0 Å². The normalized spacial score (nSPS) is 16.5. The molecule has 0 unspecified atom stereocenters. The lowest BCUT2D eigenvalue weighted by Crippen LogP contribution is -2.29. The van der Waals surface area contributed by atoms with Crippen molar-refractivity contribution in [1.82, 2.24) is 5.43 Å². The molecule has 2 aromatic rings. The highest BCUT2D eigenvalue weighted by molar-refractivity contribution is 6.07. The summed E-state index contributed by atoms with van der Waals surface area (Å²) in [5.74, 6) is -0.439. The van der Waals surface area contributed by atoms with Crippen LogP contribution in [0.1, 0.15) is 58.1 Å². The SMILES string of the molecule is Cc1c(C(N)=O)oc2c1/C(=N/NC(=O)c1ccc([N+](=O)[O-])cc1)CC(C)(C)C2. The molecule has 0 saturated heterocycles. The molecule has 0 atom stereocenters. The Labute approximate surface area is 160 Å². The highest BCUT2D eigenvalue weighted by Crippen LogP contribution is 2.38. The number of nitrogens with one attached hydrogen (secondary N) is 1. The number of carbonyl (C=O) groups is 2. The minimum absolute atomic E-state index is 0.0945. The standard InChI is InChI=1S/C19H20N4O5/c1-10-15-13(8-19(2,3)9-14(15)28-16(10)17(20)24)21-22-18(25)11-4-6-12(7-5-11)23(26)27/h4-7H,8-9H2,1-3H3,(H2,20,24)(H,22,25)/b21-13+. The minimum Gasteiger partial charge on any atom is -0.455 e. The summed E-state index contributed by atoms with van der Waals surface area (Å²) in [6.07, 6.45) is 1.19. The fourth-order valence-corrected chi connectivity index (χ4v) is 3.36. The van der Waals surface area contributed by atoms with Gasteiger partial charge < -0.3 is 10.2 Å². The summed E-state index contributed by atoms with van der Waals surface area (Å²) in [5.41, 5.74) is 9.71. The zero-order valence-electron chi connectivity index (χ0n) is 15.7. The van der Waals surface area contributed by atoms with Crippen LogP contribution in [0.5, 0.6) is 0 Å². The highest BCUT2D eigenvalue weighted by Gasteiger charge is 2.35. The second-order valence-corrected chi connectivity index (χ2v) is 7.54. The molecule has 0 fully saturated rings. The number of furan rings is 1. The molecule has 1 heterocycles. The van der Waals surface area contributed by atoms with Crippen LogP contribution in [0.15, 0.2) is 33.8 Å². The van der Waals surface area contributed by atoms with Crippen molar-refractivity contribution >= 4 is 23.2 Å². The third-order valence-electron chi connectivity index (χ3n) is 4.65. The number of carbonyl (C=O) groups excluding carboxylic acids is 2. The molecular weight excluding hydrogens is 364 g/mol. The number of amides is 2. The highest BCUT2D eigenvalue weighted by atomic mass is 16.6. The predicted molar refractivity (Wildman–Crippen MR) is 101 cm³/mol. The average molecular weight is 384 g/mol. The lowest BCUT2D eigenvalue weighted by atomic mass is 9.75. The van der Waals surface area contributed by atoms with Crippen LogP contribution in [0.2, 0.25) is 0 Å². The van der Waals surface area contributed by atoms with E-state index in [4.69, 9.17) is 10.2 Å². The van der Waals surface area contributed by atoms with Gasteiger partial charge in [0.1, 0.15) is 5.76 Å². The van der Waals surface area contributed by atoms with Gasteiger partial charge in [0.15, 0.2) is 5.76 Å². The van der Waals surface area contributed by atoms with Crippen molar-refractivity contribution < 1.29 is 18.9 Å². The lowest BCUT2D eigenvalue weighted by molar-refractivity contribution is -0.384. The van der Waals surface area contributed by atoms with Gasteiger partial charge in [-0.1, -0.05) is 13.8 Å². The van der Waals surface area contributed by atoms with Crippen molar-refractivity contribution in [1.29, 1.82) is 0 Å². The quantitative estimate of drug-likeness (QED) is 0.616. The fraction of sp³-hybridized carbons (Fsp3) is 0.316. The minimum atomic E-state index is -0.654. The Morgan fingerprint density at radius 1 is 1.25 bits per heavy atom. The molecule has 1 aromatic heterocycles. The zero-order valence-corrected chi connectivity index (χ0v) is 15.7. The molecule has 9 nitrogen and oxygen atoms in total. The predicted octanol–water partition coefficient (Wildman–Crippen LogP) is 2.70. The maximum Gasteiger partial charge on any atom is 0.284 e. The second-order valence-electron chi connectivity index (χ2n) is 7.54. The van der Waals surface area contributed by atoms with E-state index in [1.807, 2.05) is 13.8 Å². The summed E-state index contributed by atoms with van der Waals surface area (Å²) in [7, 11) is 0.